The molecule has 0 aliphatic heterocycles. The predicted molar refractivity (Wildman–Crippen MR) is 110 cm³/mol. The summed E-state index contributed by atoms with van der Waals surface area (Å²) in [4.78, 5) is 7.57. The van der Waals surface area contributed by atoms with Crippen LogP contribution in [0.4, 0.5) is 5.95 Å². The van der Waals surface area contributed by atoms with E-state index in [2.05, 4.69) is 61.7 Å². The van der Waals surface area contributed by atoms with Crippen LogP contribution in [0.15, 0.2) is 46.6 Å². The second-order valence-corrected chi connectivity index (χ2v) is 9.02. The van der Waals surface area contributed by atoms with Crippen molar-refractivity contribution in [3.05, 3.63) is 53.1 Å². The number of H-pyrrole nitrogens is 1. The van der Waals surface area contributed by atoms with Gasteiger partial charge in [0.25, 0.3) is 0 Å². The van der Waals surface area contributed by atoms with Gasteiger partial charge in [0.1, 0.15) is 5.75 Å². The van der Waals surface area contributed by atoms with Crippen LogP contribution >= 0.6 is 0 Å². The summed E-state index contributed by atoms with van der Waals surface area (Å²) in [6.45, 7) is 13.1. The van der Waals surface area contributed by atoms with E-state index in [-0.39, 0.29) is 10.8 Å². The van der Waals surface area contributed by atoms with E-state index in [1.807, 2.05) is 36.4 Å². The molecule has 0 unspecified atom stereocenters. The Labute approximate surface area is 160 Å². The van der Waals surface area contributed by atoms with Crippen molar-refractivity contribution in [2.45, 2.75) is 58.9 Å². The minimum atomic E-state index is -0.157. The van der Waals surface area contributed by atoms with E-state index in [0.29, 0.717) is 18.2 Å². The zero-order chi connectivity index (χ0) is 19.8. The summed E-state index contributed by atoms with van der Waals surface area (Å²) < 4.78 is 0. The number of nitrogens with zero attached hydrogens (tertiary/aromatic N) is 3. The molecule has 2 N–H and O–H groups in total. The fourth-order valence-electron chi connectivity index (χ4n) is 3.10. The molecular formula is C22H28N4O. The van der Waals surface area contributed by atoms with Crippen molar-refractivity contribution in [3.63, 3.8) is 0 Å². The molecule has 2 aromatic carbocycles. The standard InChI is InChI=1S/C22H28N4O/c1-21(2,3)15-11-14(12-16(19(15)27)22(4,5)6)13-23-26-20-24-17-9-7-8-10-18(17)25-20/h7-12,27H,13H2,1-6H3,(H,24,25). The number of imidazole rings is 1. The largest absolute Gasteiger partial charge is 0.507 e. The van der Waals surface area contributed by atoms with Crippen LogP contribution in [0, 0.1) is 0 Å². The Hall–Kier alpha value is -2.69. The summed E-state index contributed by atoms with van der Waals surface area (Å²) in [5, 5.41) is 19.4. The van der Waals surface area contributed by atoms with Crippen molar-refractivity contribution < 1.29 is 5.11 Å². The van der Waals surface area contributed by atoms with Gasteiger partial charge < -0.3 is 10.1 Å². The zero-order valence-corrected chi connectivity index (χ0v) is 17.0. The maximum atomic E-state index is 10.8. The van der Waals surface area contributed by atoms with Crippen LogP contribution in [-0.2, 0) is 17.4 Å². The van der Waals surface area contributed by atoms with Crippen molar-refractivity contribution in [1.29, 1.82) is 0 Å². The van der Waals surface area contributed by atoms with Gasteiger partial charge in [0.05, 0.1) is 17.6 Å². The Bertz CT molecular complexity index is 919. The minimum absolute atomic E-state index is 0.157. The molecule has 1 heterocycles. The zero-order valence-electron chi connectivity index (χ0n) is 17.0. The number of rotatable bonds is 3. The fourth-order valence-corrected chi connectivity index (χ4v) is 3.10. The summed E-state index contributed by atoms with van der Waals surface area (Å²) in [6, 6.07) is 11.9. The number of benzene rings is 2. The number of hydrogen-bond donors (Lipinski definition) is 2. The second-order valence-electron chi connectivity index (χ2n) is 9.02. The smallest absolute Gasteiger partial charge is 0.247 e. The fraction of sp³-hybridized carbons (Fsp3) is 0.409. The molecule has 27 heavy (non-hydrogen) atoms. The van der Waals surface area contributed by atoms with Crippen LogP contribution in [0.3, 0.4) is 0 Å². The van der Waals surface area contributed by atoms with Crippen molar-refractivity contribution in [3.8, 4) is 5.75 Å². The van der Waals surface area contributed by atoms with Crippen LogP contribution in [0.5, 0.6) is 5.75 Å². The monoisotopic (exact) mass is 364 g/mol. The molecule has 0 saturated heterocycles. The molecule has 3 aromatic rings. The number of aromatic hydroxyl groups is 1. The Balaban J connectivity index is 1.91. The number of azo groups is 1. The van der Waals surface area contributed by atoms with Crippen LogP contribution in [0.25, 0.3) is 11.0 Å². The van der Waals surface area contributed by atoms with Crippen molar-refractivity contribution in [2.24, 2.45) is 10.2 Å². The number of fused-ring (bicyclic) bond motifs is 1. The average Bonchev–Trinajstić information content (AvgIpc) is 2.96. The van der Waals surface area contributed by atoms with Crippen LogP contribution in [0.1, 0.15) is 58.2 Å². The van der Waals surface area contributed by atoms with E-state index in [4.69, 9.17) is 0 Å². The highest BCUT2D eigenvalue weighted by Crippen LogP contribution is 2.39. The summed E-state index contributed by atoms with van der Waals surface area (Å²) in [5.74, 6) is 0.884. The Morgan fingerprint density at radius 3 is 2.11 bits per heavy atom. The van der Waals surface area contributed by atoms with E-state index < -0.39 is 0 Å². The summed E-state index contributed by atoms with van der Waals surface area (Å²) in [6.07, 6.45) is 0. The topological polar surface area (TPSA) is 73.6 Å². The maximum absolute atomic E-state index is 10.8. The lowest BCUT2D eigenvalue weighted by Crippen LogP contribution is -2.17. The third-order valence-electron chi connectivity index (χ3n) is 4.58. The third-order valence-corrected chi connectivity index (χ3v) is 4.58. The van der Waals surface area contributed by atoms with Gasteiger partial charge in [-0.05, 0) is 51.8 Å². The lowest BCUT2D eigenvalue weighted by Gasteiger charge is -2.28. The summed E-state index contributed by atoms with van der Waals surface area (Å²) in [7, 11) is 0. The van der Waals surface area contributed by atoms with Crippen LogP contribution < -0.4 is 0 Å². The summed E-state index contributed by atoms with van der Waals surface area (Å²) >= 11 is 0. The first-order chi connectivity index (χ1) is 12.6. The van der Waals surface area contributed by atoms with Crippen molar-refractivity contribution in [1.82, 2.24) is 9.97 Å². The van der Waals surface area contributed by atoms with Crippen molar-refractivity contribution in [2.75, 3.05) is 0 Å². The SMILES string of the molecule is CC(C)(C)c1cc(CN=Nc2nc3ccccc3[nH]2)cc(C(C)(C)C)c1O. The molecule has 5 heteroatoms. The third kappa shape index (κ3) is 4.18. The summed E-state index contributed by atoms with van der Waals surface area (Å²) in [5.41, 5.74) is 4.41. The van der Waals surface area contributed by atoms with Crippen molar-refractivity contribution >= 4 is 17.0 Å². The predicted octanol–water partition coefficient (Wildman–Crippen LogP) is 6.15. The molecule has 0 radical (unpaired) electrons. The molecule has 0 atom stereocenters. The van der Waals surface area contributed by atoms with Gasteiger partial charge in [0.2, 0.25) is 5.95 Å². The molecule has 0 amide bonds. The normalized spacial score (nSPS) is 13.0. The lowest BCUT2D eigenvalue weighted by atomic mass is 9.78. The highest BCUT2D eigenvalue weighted by atomic mass is 16.3. The Morgan fingerprint density at radius 1 is 0.963 bits per heavy atom. The molecular weight excluding hydrogens is 336 g/mol. The quantitative estimate of drug-likeness (QED) is 0.547. The number of nitrogens with one attached hydrogen (secondary N) is 1. The first-order valence-corrected chi connectivity index (χ1v) is 9.25. The van der Waals surface area contributed by atoms with Gasteiger partial charge in [-0.1, -0.05) is 53.7 Å². The number of phenolic OH excluding ortho intramolecular Hbond substituents is 1. The van der Waals surface area contributed by atoms with E-state index in [0.717, 1.165) is 27.7 Å². The maximum Gasteiger partial charge on any atom is 0.247 e. The molecule has 3 rings (SSSR count). The Kier molecular flexibility index (Phi) is 4.81. The van der Waals surface area contributed by atoms with Gasteiger partial charge in [-0.15, -0.1) is 5.11 Å². The first kappa shape index (κ1) is 19.1. The van der Waals surface area contributed by atoms with Crippen LogP contribution in [-0.4, -0.2) is 15.1 Å². The first-order valence-electron chi connectivity index (χ1n) is 9.25. The second kappa shape index (κ2) is 6.80. The van der Waals surface area contributed by atoms with Gasteiger partial charge >= 0.3 is 0 Å². The highest BCUT2D eigenvalue weighted by molar-refractivity contribution is 5.76. The molecule has 1 aromatic heterocycles. The molecule has 5 nitrogen and oxygen atoms in total. The number of aromatic nitrogens is 2. The van der Waals surface area contributed by atoms with E-state index in [1.165, 1.54) is 0 Å². The van der Waals surface area contributed by atoms with E-state index >= 15 is 0 Å². The Morgan fingerprint density at radius 2 is 1.56 bits per heavy atom. The van der Waals surface area contributed by atoms with E-state index in [1.54, 1.807) is 0 Å². The van der Waals surface area contributed by atoms with Crippen LogP contribution in [0.2, 0.25) is 0 Å². The minimum Gasteiger partial charge on any atom is -0.507 e. The molecule has 0 fully saturated rings. The lowest BCUT2D eigenvalue weighted by molar-refractivity contribution is 0.422. The molecule has 0 aliphatic rings. The number of hydrogen-bond acceptors (Lipinski definition) is 4. The molecule has 142 valence electrons. The van der Waals surface area contributed by atoms with Gasteiger partial charge in [0, 0.05) is 0 Å². The average molecular weight is 364 g/mol. The number of para-hydroxylation sites is 2. The molecule has 0 spiro atoms. The van der Waals surface area contributed by atoms with Gasteiger partial charge in [-0.2, -0.15) is 5.11 Å². The molecule has 0 aliphatic carbocycles. The highest BCUT2D eigenvalue weighted by Gasteiger charge is 2.26. The van der Waals surface area contributed by atoms with Gasteiger partial charge in [0.15, 0.2) is 0 Å². The number of phenols is 1. The molecule has 0 bridgehead atoms. The van der Waals surface area contributed by atoms with Gasteiger partial charge in [-0.25, -0.2) is 4.98 Å². The number of aromatic amines is 1. The molecule has 0 saturated carbocycles. The van der Waals surface area contributed by atoms with Gasteiger partial charge in [-0.3, -0.25) is 0 Å². The van der Waals surface area contributed by atoms with E-state index in [9.17, 15) is 5.11 Å².